The van der Waals surface area contributed by atoms with Crippen LogP contribution in [0, 0.1) is 5.82 Å². The van der Waals surface area contributed by atoms with Gasteiger partial charge in [0, 0.05) is 51.0 Å². The number of hydrogen-bond acceptors (Lipinski definition) is 7. The van der Waals surface area contributed by atoms with Crippen LogP contribution >= 0.6 is 0 Å². The molecule has 2 aliphatic rings. The van der Waals surface area contributed by atoms with Crippen LogP contribution < -0.4 is 14.5 Å². The van der Waals surface area contributed by atoms with Crippen molar-refractivity contribution < 1.29 is 18.7 Å². The number of anilines is 2. The number of amides is 1. The van der Waals surface area contributed by atoms with Crippen LogP contribution in [0.5, 0.6) is 5.75 Å². The molecule has 0 N–H and O–H groups in total. The van der Waals surface area contributed by atoms with Crippen molar-refractivity contribution in [3.8, 4) is 5.75 Å². The molecule has 0 radical (unpaired) electrons. The van der Waals surface area contributed by atoms with Gasteiger partial charge in [0.05, 0.1) is 20.3 Å². The predicted molar refractivity (Wildman–Crippen MR) is 106 cm³/mol. The smallest absolute Gasteiger partial charge is 0.254 e. The predicted octanol–water partition coefficient (Wildman–Crippen LogP) is 1.42. The van der Waals surface area contributed by atoms with Gasteiger partial charge < -0.3 is 24.2 Å². The minimum absolute atomic E-state index is 0.131. The van der Waals surface area contributed by atoms with Gasteiger partial charge in [-0.3, -0.25) is 4.79 Å². The van der Waals surface area contributed by atoms with Gasteiger partial charge in [0.2, 0.25) is 5.95 Å². The third kappa shape index (κ3) is 4.24. The maximum atomic E-state index is 13.9. The summed E-state index contributed by atoms with van der Waals surface area (Å²) >= 11 is 0. The number of carbonyl (C=O) groups is 1. The Labute approximate surface area is 168 Å². The summed E-state index contributed by atoms with van der Waals surface area (Å²) in [5.41, 5.74) is 0.327. The summed E-state index contributed by atoms with van der Waals surface area (Å²) in [6.07, 6.45) is 1.77. The summed E-state index contributed by atoms with van der Waals surface area (Å²) in [5, 5.41) is 0. The zero-order chi connectivity index (χ0) is 20.2. The number of ether oxygens (including phenoxy) is 2. The topological polar surface area (TPSA) is 71.0 Å². The SMILES string of the molecule is COc1ccc(C(=O)N2CCN(c3ccnc(N4CCOCC4)n3)CC2)cc1F. The fourth-order valence-corrected chi connectivity index (χ4v) is 3.55. The van der Waals surface area contributed by atoms with E-state index >= 15 is 0 Å². The van der Waals surface area contributed by atoms with Gasteiger partial charge in [-0.1, -0.05) is 0 Å². The summed E-state index contributed by atoms with van der Waals surface area (Å²) in [6.45, 7) is 5.33. The Morgan fingerprint density at radius 3 is 2.52 bits per heavy atom. The number of methoxy groups -OCH3 is 1. The van der Waals surface area contributed by atoms with Crippen molar-refractivity contribution in [1.82, 2.24) is 14.9 Å². The number of aromatic nitrogens is 2. The molecule has 3 heterocycles. The first-order valence-electron chi connectivity index (χ1n) is 9.69. The molecule has 1 aromatic carbocycles. The first-order chi connectivity index (χ1) is 14.2. The molecule has 8 nitrogen and oxygen atoms in total. The minimum Gasteiger partial charge on any atom is -0.494 e. The van der Waals surface area contributed by atoms with Crippen LogP contribution in [0.3, 0.4) is 0 Å². The van der Waals surface area contributed by atoms with Crippen molar-refractivity contribution in [2.75, 3.05) is 69.4 Å². The average Bonchev–Trinajstić information content (AvgIpc) is 2.79. The molecule has 2 fully saturated rings. The summed E-state index contributed by atoms with van der Waals surface area (Å²) in [6, 6.07) is 6.19. The standard InChI is InChI=1S/C20H24FN5O3/c1-28-17-3-2-15(14-16(17)21)19(27)25-8-6-24(7-9-25)18-4-5-22-20(23-18)26-10-12-29-13-11-26/h2-5,14H,6-13H2,1H3. The fraction of sp³-hybridized carbons (Fsp3) is 0.450. The summed E-state index contributed by atoms with van der Waals surface area (Å²) in [4.78, 5) is 27.8. The highest BCUT2D eigenvalue weighted by atomic mass is 19.1. The van der Waals surface area contributed by atoms with Gasteiger partial charge in [0.25, 0.3) is 5.91 Å². The van der Waals surface area contributed by atoms with E-state index in [2.05, 4.69) is 14.8 Å². The molecule has 2 aromatic rings. The van der Waals surface area contributed by atoms with Crippen molar-refractivity contribution in [3.63, 3.8) is 0 Å². The lowest BCUT2D eigenvalue weighted by Gasteiger charge is -2.36. The maximum absolute atomic E-state index is 13.9. The molecule has 0 unspecified atom stereocenters. The minimum atomic E-state index is -0.534. The van der Waals surface area contributed by atoms with Crippen LogP contribution in [0.2, 0.25) is 0 Å². The second-order valence-electron chi connectivity index (χ2n) is 6.94. The Balaban J connectivity index is 1.39. The number of rotatable bonds is 4. The van der Waals surface area contributed by atoms with E-state index in [9.17, 15) is 9.18 Å². The van der Waals surface area contributed by atoms with E-state index in [0.29, 0.717) is 50.9 Å². The average molecular weight is 401 g/mol. The third-order valence-electron chi connectivity index (χ3n) is 5.21. The summed E-state index contributed by atoms with van der Waals surface area (Å²) < 4.78 is 24.2. The Bertz CT molecular complexity index is 867. The molecular formula is C20H24FN5O3. The third-order valence-corrected chi connectivity index (χ3v) is 5.21. The van der Waals surface area contributed by atoms with Crippen molar-refractivity contribution in [2.45, 2.75) is 0 Å². The Kier molecular flexibility index (Phi) is 5.75. The maximum Gasteiger partial charge on any atom is 0.254 e. The van der Waals surface area contributed by atoms with Crippen LogP contribution in [0.15, 0.2) is 30.5 Å². The first kappa shape index (κ1) is 19.4. The van der Waals surface area contributed by atoms with Gasteiger partial charge in [0.1, 0.15) is 5.82 Å². The number of piperazine rings is 1. The van der Waals surface area contributed by atoms with Crippen LogP contribution in [0.1, 0.15) is 10.4 Å². The van der Waals surface area contributed by atoms with Crippen LogP contribution in [0.4, 0.5) is 16.2 Å². The molecule has 154 valence electrons. The zero-order valence-electron chi connectivity index (χ0n) is 16.4. The van der Waals surface area contributed by atoms with Crippen molar-refractivity contribution in [2.24, 2.45) is 0 Å². The van der Waals surface area contributed by atoms with Crippen LogP contribution in [-0.2, 0) is 4.74 Å². The van der Waals surface area contributed by atoms with Crippen molar-refractivity contribution in [1.29, 1.82) is 0 Å². The molecule has 9 heteroatoms. The van der Waals surface area contributed by atoms with E-state index in [4.69, 9.17) is 14.5 Å². The molecular weight excluding hydrogens is 377 g/mol. The van der Waals surface area contributed by atoms with Gasteiger partial charge in [-0.15, -0.1) is 0 Å². The molecule has 0 aliphatic carbocycles. The van der Waals surface area contributed by atoms with E-state index in [1.54, 1.807) is 17.2 Å². The van der Waals surface area contributed by atoms with E-state index in [0.717, 1.165) is 18.9 Å². The lowest BCUT2D eigenvalue weighted by molar-refractivity contribution is 0.0746. The highest BCUT2D eigenvalue weighted by Crippen LogP contribution is 2.21. The molecule has 0 atom stereocenters. The van der Waals surface area contributed by atoms with Crippen LogP contribution in [-0.4, -0.2) is 80.4 Å². The molecule has 2 saturated heterocycles. The monoisotopic (exact) mass is 401 g/mol. The molecule has 0 spiro atoms. The van der Waals surface area contributed by atoms with E-state index < -0.39 is 5.82 Å². The van der Waals surface area contributed by atoms with E-state index in [1.807, 2.05) is 6.07 Å². The van der Waals surface area contributed by atoms with Gasteiger partial charge in [-0.25, -0.2) is 9.37 Å². The number of hydrogen-bond donors (Lipinski definition) is 0. The number of carbonyl (C=O) groups excluding carboxylic acids is 1. The Hall–Kier alpha value is -2.94. The molecule has 4 rings (SSSR count). The lowest BCUT2D eigenvalue weighted by Crippen LogP contribution is -2.49. The van der Waals surface area contributed by atoms with Gasteiger partial charge in [-0.05, 0) is 24.3 Å². The number of halogens is 1. The first-order valence-corrected chi connectivity index (χ1v) is 9.69. The molecule has 0 bridgehead atoms. The van der Waals surface area contributed by atoms with E-state index in [1.165, 1.54) is 19.2 Å². The Morgan fingerprint density at radius 2 is 1.83 bits per heavy atom. The quantitative estimate of drug-likeness (QED) is 0.767. The molecule has 0 saturated carbocycles. The number of nitrogens with zero attached hydrogens (tertiary/aromatic N) is 5. The largest absolute Gasteiger partial charge is 0.494 e. The summed E-state index contributed by atoms with van der Waals surface area (Å²) in [5.74, 6) is 0.977. The molecule has 29 heavy (non-hydrogen) atoms. The second kappa shape index (κ2) is 8.60. The summed E-state index contributed by atoms with van der Waals surface area (Å²) in [7, 11) is 1.40. The number of benzene rings is 1. The van der Waals surface area contributed by atoms with Crippen molar-refractivity contribution in [3.05, 3.63) is 41.8 Å². The molecule has 1 aromatic heterocycles. The van der Waals surface area contributed by atoms with E-state index in [-0.39, 0.29) is 11.7 Å². The Morgan fingerprint density at radius 1 is 1.07 bits per heavy atom. The second-order valence-corrected chi connectivity index (χ2v) is 6.94. The van der Waals surface area contributed by atoms with Gasteiger partial charge in [-0.2, -0.15) is 4.98 Å². The highest BCUT2D eigenvalue weighted by molar-refractivity contribution is 5.94. The molecule has 2 aliphatic heterocycles. The fourth-order valence-electron chi connectivity index (χ4n) is 3.55. The van der Waals surface area contributed by atoms with Gasteiger partial charge in [0.15, 0.2) is 11.6 Å². The van der Waals surface area contributed by atoms with Crippen molar-refractivity contribution >= 4 is 17.7 Å². The number of morpholine rings is 1. The van der Waals surface area contributed by atoms with Gasteiger partial charge >= 0.3 is 0 Å². The highest BCUT2D eigenvalue weighted by Gasteiger charge is 2.24. The normalized spacial score (nSPS) is 17.4. The molecule has 1 amide bonds. The lowest BCUT2D eigenvalue weighted by atomic mass is 10.1. The van der Waals surface area contributed by atoms with Crippen LogP contribution in [0.25, 0.3) is 0 Å². The zero-order valence-corrected chi connectivity index (χ0v) is 16.4.